The van der Waals surface area contributed by atoms with E-state index in [4.69, 9.17) is 10.5 Å². The first-order valence-corrected chi connectivity index (χ1v) is 6.58. The Hall–Kier alpha value is -2.49. The van der Waals surface area contributed by atoms with E-state index in [1.807, 2.05) is 48.5 Å². The van der Waals surface area contributed by atoms with Gasteiger partial charge in [0.15, 0.2) is 0 Å². The summed E-state index contributed by atoms with van der Waals surface area (Å²) < 4.78 is 5.53. The molecule has 4 heteroatoms. The molecule has 104 valence electrons. The third kappa shape index (κ3) is 4.31. The predicted molar refractivity (Wildman–Crippen MR) is 80.7 cm³/mol. The summed E-state index contributed by atoms with van der Waals surface area (Å²) in [6.45, 7) is 0.469. The van der Waals surface area contributed by atoms with Gasteiger partial charge in [-0.1, -0.05) is 30.3 Å². The highest BCUT2D eigenvalue weighted by atomic mass is 16.5. The van der Waals surface area contributed by atoms with Crippen LogP contribution in [-0.2, 0) is 4.79 Å². The zero-order valence-corrected chi connectivity index (χ0v) is 11.2. The third-order valence-electron chi connectivity index (χ3n) is 2.78. The lowest BCUT2D eigenvalue weighted by Gasteiger charge is -2.08. The monoisotopic (exact) mass is 270 g/mol. The van der Waals surface area contributed by atoms with Gasteiger partial charge in [0.1, 0.15) is 5.75 Å². The van der Waals surface area contributed by atoms with Crippen molar-refractivity contribution < 1.29 is 9.53 Å². The Bertz CT molecular complexity index is 555. The standard InChI is InChI=1S/C16H18N2O2/c17-14-9-4-5-10-15(14)20-12-6-11-16(19)18-13-7-2-1-3-8-13/h1-5,7-10H,6,11-12,17H2,(H,18,19). The number of nitrogens with one attached hydrogen (secondary N) is 1. The molecular weight excluding hydrogens is 252 g/mol. The van der Waals surface area contributed by atoms with E-state index in [2.05, 4.69) is 5.32 Å². The number of carbonyl (C=O) groups is 1. The second-order valence-electron chi connectivity index (χ2n) is 4.40. The number of hydrogen-bond donors (Lipinski definition) is 2. The average molecular weight is 270 g/mol. The van der Waals surface area contributed by atoms with Gasteiger partial charge in [-0.15, -0.1) is 0 Å². The Morgan fingerprint density at radius 3 is 2.50 bits per heavy atom. The van der Waals surface area contributed by atoms with Gasteiger partial charge in [-0.05, 0) is 30.7 Å². The van der Waals surface area contributed by atoms with E-state index in [0.717, 1.165) is 5.69 Å². The van der Waals surface area contributed by atoms with Crippen LogP contribution in [0, 0.1) is 0 Å². The van der Waals surface area contributed by atoms with Crippen molar-refractivity contribution in [1.29, 1.82) is 0 Å². The molecule has 0 bridgehead atoms. The van der Waals surface area contributed by atoms with Crippen LogP contribution in [0.5, 0.6) is 5.75 Å². The van der Waals surface area contributed by atoms with Crippen molar-refractivity contribution in [3.05, 3.63) is 54.6 Å². The Morgan fingerprint density at radius 2 is 1.75 bits per heavy atom. The summed E-state index contributed by atoms with van der Waals surface area (Å²) >= 11 is 0. The minimum atomic E-state index is -0.0131. The molecule has 0 heterocycles. The summed E-state index contributed by atoms with van der Waals surface area (Å²) in [5, 5.41) is 2.83. The van der Waals surface area contributed by atoms with Crippen molar-refractivity contribution in [2.24, 2.45) is 0 Å². The van der Waals surface area contributed by atoms with Crippen LogP contribution < -0.4 is 15.8 Å². The topological polar surface area (TPSA) is 64.3 Å². The van der Waals surface area contributed by atoms with Crippen LogP contribution in [0.15, 0.2) is 54.6 Å². The van der Waals surface area contributed by atoms with Crippen LogP contribution in [-0.4, -0.2) is 12.5 Å². The average Bonchev–Trinajstić information content (AvgIpc) is 2.46. The molecule has 2 aromatic carbocycles. The van der Waals surface area contributed by atoms with Crippen molar-refractivity contribution in [2.45, 2.75) is 12.8 Å². The molecule has 0 aliphatic carbocycles. The highest BCUT2D eigenvalue weighted by Crippen LogP contribution is 2.19. The maximum Gasteiger partial charge on any atom is 0.224 e. The molecule has 2 rings (SSSR count). The zero-order valence-electron chi connectivity index (χ0n) is 11.2. The summed E-state index contributed by atoms with van der Waals surface area (Å²) in [7, 11) is 0. The van der Waals surface area contributed by atoms with Crippen LogP contribution >= 0.6 is 0 Å². The van der Waals surface area contributed by atoms with Crippen molar-refractivity contribution in [2.75, 3.05) is 17.7 Å². The number of carbonyl (C=O) groups excluding carboxylic acids is 1. The Morgan fingerprint density at radius 1 is 1.05 bits per heavy atom. The van der Waals surface area contributed by atoms with Crippen LogP contribution in [0.2, 0.25) is 0 Å². The van der Waals surface area contributed by atoms with Gasteiger partial charge in [0.25, 0.3) is 0 Å². The van der Waals surface area contributed by atoms with Gasteiger partial charge in [-0.3, -0.25) is 4.79 Å². The largest absolute Gasteiger partial charge is 0.491 e. The van der Waals surface area contributed by atoms with E-state index in [0.29, 0.717) is 30.9 Å². The minimum absolute atomic E-state index is 0.0131. The van der Waals surface area contributed by atoms with Gasteiger partial charge in [-0.2, -0.15) is 0 Å². The number of nitrogens with two attached hydrogens (primary N) is 1. The van der Waals surface area contributed by atoms with Gasteiger partial charge >= 0.3 is 0 Å². The van der Waals surface area contributed by atoms with Crippen LogP contribution in [0.25, 0.3) is 0 Å². The molecule has 0 fully saturated rings. The fourth-order valence-electron chi connectivity index (χ4n) is 1.77. The third-order valence-corrected chi connectivity index (χ3v) is 2.78. The van der Waals surface area contributed by atoms with Crippen LogP contribution in [0.3, 0.4) is 0 Å². The fourth-order valence-corrected chi connectivity index (χ4v) is 1.77. The number of para-hydroxylation sites is 3. The second-order valence-corrected chi connectivity index (χ2v) is 4.40. The maximum absolute atomic E-state index is 11.7. The fraction of sp³-hybridized carbons (Fsp3) is 0.188. The van der Waals surface area contributed by atoms with E-state index in [-0.39, 0.29) is 5.91 Å². The number of amides is 1. The van der Waals surface area contributed by atoms with Crippen LogP contribution in [0.1, 0.15) is 12.8 Å². The SMILES string of the molecule is Nc1ccccc1OCCCC(=O)Nc1ccccc1. The van der Waals surface area contributed by atoms with Gasteiger partial charge in [0.2, 0.25) is 5.91 Å². The first-order chi connectivity index (χ1) is 9.75. The maximum atomic E-state index is 11.7. The lowest BCUT2D eigenvalue weighted by atomic mass is 10.2. The summed E-state index contributed by atoms with van der Waals surface area (Å²) in [5.41, 5.74) is 7.18. The van der Waals surface area contributed by atoms with Crippen molar-refractivity contribution in [3.8, 4) is 5.75 Å². The number of benzene rings is 2. The normalized spacial score (nSPS) is 10.0. The summed E-state index contributed by atoms with van der Waals surface area (Å²) in [4.78, 5) is 11.7. The molecule has 0 saturated heterocycles. The number of anilines is 2. The Kier molecular flexibility index (Phi) is 5.00. The first-order valence-electron chi connectivity index (χ1n) is 6.58. The molecule has 0 radical (unpaired) electrons. The van der Waals surface area contributed by atoms with E-state index in [1.165, 1.54) is 0 Å². The molecule has 0 spiro atoms. The molecule has 0 atom stereocenters. The molecule has 0 aliphatic heterocycles. The van der Waals surface area contributed by atoms with E-state index >= 15 is 0 Å². The highest BCUT2D eigenvalue weighted by Gasteiger charge is 2.03. The number of nitrogen functional groups attached to an aromatic ring is 1. The summed E-state index contributed by atoms with van der Waals surface area (Å²) in [5.74, 6) is 0.650. The molecule has 3 N–H and O–H groups in total. The Balaban J connectivity index is 1.69. The summed E-state index contributed by atoms with van der Waals surface area (Å²) in [6.07, 6.45) is 1.06. The number of hydrogen-bond acceptors (Lipinski definition) is 3. The van der Waals surface area contributed by atoms with Gasteiger partial charge in [-0.25, -0.2) is 0 Å². The zero-order chi connectivity index (χ0) is 14.2. The number of rotatable bonds is 6. The van der Waals surface area contributed by atoms with Gasteiger partial charge < -0.3 is 15.8 Å². The molecule has 0 unspecified atom stereocenters. The van der Waals surface area contributed by atoms with E-state index in [9.17, 15) is 4.79 Å². The second kappa shape index (κ2) is 7.19. The molecule has 2 aromatic rings. The van der Waals surface area contributed by atoms with Gasteiger partial charge in [0, 0.05) is 12.1 Å². The van der Waals surface area contributed by atoms with E-state index < -0.39 is 0 Å². The van der Waals surface area contributed by atoms with Crippen LogP contribution in [0.4, 0.5) is 11.4 Å². The molecular formula is C16H18N2O2. The smallest absolute Gasteiger partial charge is 0.224 e. The lowest BCUT2D eigenvalue weighted by molar-refractivity contribution is -0.116. The quantitative estimate of drug-likeness (QED) is 0.626. The van der Waals surface area contributed by atoms with Crippen molar-refractivity contribution in [3.63, 3.8) is 0 Å². The minimum Gasteiger partial charge on any atom is -0.491 e. The molecule has 4 nitrogen and oxygen atoms in total. The number of ether oxygens (including phenoxy) is 1. The van der Waals surface area contributed by atoms with Crippen molar-refractivity contribution in [1.82, 2.24) is 0 Å². The molecule has 20 heavy (non-hydrogen) atoms. The molecule has 0 aromatic heterocycles. The lowest BCUT2D eigenvalue weighted by Crippen LogP contribution is -2.12. The first kappa shape index (κ1) is 13.9. The predicted octanol–water partition coefficient (Wildman–Crippen LogP) is 3.07. The highest BCUT2D eigenvalue weighted by molar-refractivity contribution is 5.90. The Labute approximate surface area is 118 Å². The van der Waals surface area contributed by atoms with Gasteiger partial charge in [0.05, 0.1) is 12.3 Å². The molecule has 0 aliphatic rings. The molecule has 1 amide bonds. The summed E-state index contributed by atoms with van der Waals surface area (Å²) in [6, 6.07) is 16.7. The van der Waals surface area contributed by atoms with E-state index in [1.54, 1.807) is 6.07 Å². The molecule has 0 saturated carbocycles. The van der Waals surface area contributed by atoms with Crippen molar-refractivity contribution >= 4 is 17.3 Å².